The number of rotatable bonds is 5. The van der Waals surface area contributed by atoms with Crippen molar-refractivity contribution < 1.29 is 19.1 Å². The zero-order valence-corrected chi connectivity index (χ0v) is 15.6. The molecular formula is C18H16Cl2N2O4. The Morgan fingerprint density at radius 3 is 2.12 bits per heavy atom. The van der Waals surface area contributed by atoms with Crippen molar-refractivity contribution >= 4 is 52.4 Å². The second-order valence-electron chi connectivity index (χ2n) is 5.29. The molecule has 0 bridgehead atoms. The average molecular weight is 395 g/mol. The Morgan fingerprint density at radius 2 is 1.62 bits per heavy atom. The fourth-order valence-corrected chi connectivity index (χ4v) is 2.85. The van der Waals surface area contributed by atoms with Gasteiger partial charge in [-0.1, -0.05) is 29.3 Å². The molecule has 2 aromatic carbocycles. The maximum atomic E-state index is 12.3. The van der Waals surface area contributed by atoms with Gasteiger partial charge in [-0.05, 0) is 36.4 Å². The van der Waals surface area contributed by atoms with Crippen LogP contribution < -0.4 is 10.2 Å². The van der Waals surface area contributed by atoms with Crippen molar-refractivity contribution in [2.45, 2.75) is 6.92 Å². The molecule has 0 aromatic heterocycles. The molecule has 1 N–H and O–H groups in total. The van der Waals surface area contributed by atoms with Gasteiger partial charge in [0.15, 0.2) is 0 Å². The van der Waals surface area contributed by atoms with E-state index in [1.807, 2.05) is 0 Å². The summed E-state index contributed by atoms with van der Waals surface area (Å²) >= 11 is 12.2. The molecular weight excluding hydrogens is 379 g/mol. The Labute approximate surface area is 160 Å². The van der Waals surface area contributed by atoms with Crippen molar-refractivity contribution in [1.29, 1.82) is 0 Å². The minimum atomic E-state index is -0.473. The van der Waals surface area contributed by atoms with E-state index in [0.717, 1.165) is 0 Å². The van der Waals surface area contributed by atoms with Gasteiger partial charge in [-0.3, -0.25) is 9.59 Å². The van der Waals surface area contributed by atoms with Gasteiger partial charge in [0.1, 0.15) is 6.54 Å². The highest BCUT2D eigenvalue weighted by Crippen LogP contribution is 2.33. The van der Waals surface area contributed by atoms with Crippen LogP contribution in [0.3, 0.4) is 0 Å². The summed E-state index contributed by atoms with van der Waals surface area (Å²) in [5, 5.41) is 3.18. The molecule has 26 heavy (non-hydrogen) atoms. The molecule has 0 spiro atoms. The zero-order chi connectivity index (χ0) is 19.3. The van der Waals surface area contributed by atoms with E-state index in [9.17, 15) is 14.4 Å². The number of nitrogens with one attached hydrogen (secondary N) is 1. The summed E-state index contributed by atoms with van der Waals surface area (Å²) in [5.41, 5.74) is 1.11. The maximum Gasteiger partial charge on any atom is 0.337 e. The smallest absolute Gasteiger partial charge is 0.337 e. The van der Waals surface area contributed by atoms with Crippen molar-refractivity contribution in [3.05, 3.63) is 58.1 Å². The lowest BCUT2D eigenvalue weighted by molar-refractivity contribution is -0.120. The summed E-state index contributed by atoms with van der Waals surface area (Å²) < 4.78 is 4.61. The van der Waals surface area contributed by atoms with Crippen molar-refractivity contribution in [3.63, 3.8) is 0 Å². The van der Waals surface area contributed by atoms with E-state index in [1.54, 1.807) is 30.3 Å². The van der Waals surface area contributed by atoms with Gasteiger partial charge in [-0.25, -0.2) is 4.79 Å². The van der Waals surface area contributed by atoms with Crippen molar-refractivity contribution in [1.82, 2.24) is 0 Å². The Hall–Kier alpha value is -2.57. The number of carbonyl (C=O) groups excluding carboxylic acids is 3. The van der Waals surface area contributed by atoms with Gasteiger partial charge in [0, 0.05) is 12.6 Å². The van der Waals surface area contributed by atoms with E-state index in [0.29, 0.717) is 11.3 Å². The molecule has 6 nitrogen and oxygen atoms in total. The molecule has 136 valence electrons. The molecule has 8 heteroatoms. The lowest BCUT2D eigenvalue weighted by Crippen LogP contribution is -2.37. The SMILES string of the molecule is COC(=O)c1ccc(NC(=O)CN(C(C)=O)c2c(Cl)cccc2Cl)cc1. The monoisotopic (exact) mass is 394 g/mol. The first kappa shape index (κ1) is 19.8. The van der Waals surface area contributed by atoms with Crippen LogP contribution in [-0.2, 0) is 14.3 Å². The van der Waals surface area contributed by atoms with Gasteiger partial charge in [-0.2, -0.15) is 0 Å². The Kier molecular flexibility index (Phi) is 6.60. The van der Waals surface area contributed by atoms with E-state index in [1.165, 1.54) is 31.1 Å². The van der Waals surface area contributed by atoms with E-state index >= 15 is 0 Å². The lowest BCUT2D eigenvalue weighted by atomic mass is 10.2. The number of anilines is 2. The van der Waals surface area contributed by atoms with E-state index in [2.05, 4.69) is 10.1 Å². The normalized spacial score (nSPS) is 10.2. The number of methoxy groups -OCH3 is 1. The molecule has 2 aromatic rings. The Morgan fingerprint density at radius 1 is 1.04 bits per heavy atom. The fourth-order valence-electron chi connectivity index (χ4n) is 2.25. The fraction of sp³-hybridized carbons (Fsp3) is 0.167. The summed E-state index contributed by atoms with van der Waals surface area (Å²) in [7, 11) is 1.29. The molecule has 0 heterocycles. The number of esters is 1. The van der Waals surface area contributed by atoms with Crippen LogP contribution in [0.1, 0.15) is 17.3 Å². The lowest BCUT2D eigenvalue weighted by Gasteiger charge is -2.23. The van der Waals surface area contributed by atoms with Gasteiger partial charge in [0.05, 0.1) is 28.4 Å². The molecule has 0 aliphatic carbocycles. The molecule has 0 unspecified atom stereocenters. The van der Waals surface area contributed by atoms with Crippen molar-refractivity contribution in [2.24, 2.45) is 0 Å². The van der Waals surface area contributed by atoms with Crippen LogP contribution in [0.5, 0.6) is 0 Å². The summed E-state index contributed by atoms with van der Waals surface area (Å²) in [6.45, 7) is 1.05. The maximum absolute atomic E-state index is 12.3. The van der Waals surface area contributed by atoms with Crippen molar-refractivity contribution in [2.75, 3.05) is 23.9 Å². The molecule has 0 saturated carbocycles. The number of halogens is 2. The number of benzene rings is 2. The topological polar surface area (TPSA) is 75.7 Å². The summed E-state index contributed by atoms with van der Waals surface area (Å²) in [4.78, 5) is 36.9. The molecule has 2 amide bonds. The van der Waals surface area contributed by atoms with Crippen molar-refractivity contribution in [3.8, 4) is 0 Å². The zero-order valence-electron chi connectivity index (χ0n) is 14.1. The largest absolute Gasteiger partial charge is 0.465 e. The first-order valence-corrected chi connectivity index (χ1v) is 8.29. The van der Waals surface area contributed by atoms with Crippen LogP contribution >= 0.6 is 23.2 Å². The molecule has 0 radical (unpaired) electrons. The van der Waals surface area contributed by atoms with Gasteiger partial charge in [0.25, 0.3) is 0 Å². The number of ether oxygens (including phenoxy) is 1. The van der Waals surface area contributed by atoms with Gasteiger partial charge in [0.2, 0.25) is 11.8 Å². The van der Waals surface area contributed by atoms with Gasteiger partial charge in [-0.15, -0.1) is 0 Å². The predicted molar refractivity (Wildman–Crippen MR) is 101 cm³/mol. The van der Waals surface area contributed by atoms with E-state index < -0.39 is 11.9 Å². The number of carbonyl (C=O) groups is 3. The molecule has 0 fully saturated rings. The third-order valence-corrected chi connectivity index (χ3v) is 4.09. The second kappa shape index (κ2) is 8.69. The van der Waals surface area contributed by atoms with Crippen LogP contribution in [0.25, 0.3) is 0 Å². The van der Waals surface area contributed by atoms with Crippen LogP contribution in [-0.4, -0.2) is 31.4 Å². The average Bonchev–Trinajstić information content (AvgIpc) is 2.60. The quantitative estimate of drug-likeness (QED) is 0.782. The number of hydrogen-bond donors (Lipinski definition) is 1. The molecule has 0 saturated heterocycles. The Balaban J connectivity index is 2.14. The Bertz CT molecular complexity index is 817. The summed E-state index contributed by atoms with van der Waals surface area (Å²) in [6, 6.07) is 11.0. The number of nitrogens with zero attached hydrogens (tertiary/aromatic N) is 1. The minimum absolute atomic E-state index is 0.266. The van der Waals surface area contributed by atoms with Gasteiger partial charge < -0.3 is 15.0 Å². The summed E-state index contributed by atoms with van der Waals surface area (Å²) in [5.74, 6) is -1.29. The number of para-hydroxylation sites is 1. The van der Waals surface area contributed by atoms with Crippen LogP contribution in [0.15, 0.2) is 42.5 Å². The van der Waals surface area contributed by atoms with Crippen LogP contribution in [0.4, 0.5) is 11.4 Å². The predicted octanol–water partition coefficient (Wildman–Crippen LogP) is 3.77. The molecule has 0 aliphatic heterocycles. The highest BCUT2D eigenvalue weighted by Gasteiger charge is 2.21. The first-order chi connectivity index (χ1) is 12.3. The first-order valence-electron chi connectivity index (χ1n) is 7.54. The number of amides is 2. The van der Waals surface area contributed by atoms with E-state index in [4.69, 9.17) is 23.2 Å². The third-order valence-electron chi connectivity index (χ3n) is 3.48. The van der Waals surface area contributed by atoms with Crippen LogP contribution in [0, 0.1) is 0 Å². The number of hydrogen-bond acceptors (Lipinski definition) is 4. The van der Waals surface area contributed by atoms with Gasteiger partial charge >= 0.3 is 5.97 Å². The van der Waals surface area contributed by atoms with Crippen LogP contribution in [0.2, 0.25) is 10.0 Å². The highest BCUT2D eigenvalue weighted by atomic mass is 35.5. The summed E-state index contributed by atoms with van der Waals surface area (Å²) in [6.07, 6.45) is 0. The van der Waals surface area contributed by atoms with E-state index in [-0.39, 0.29) is 28.2 Å². The standard InChI is InChI=1S/C18H16Cl2N2O4/c1-11(23)22(17-14(19)4-3-5-15(17)20)10-16(24)21-13-8-6-12(7-9-13)18(25)26-2/h3-9H,10H2,1-2H3,(H,21,24). The minimum Gasteiger partial charge on any atom is -0.465 e. The molecule has 2 rings (SSSR count). The molecule has 0 aliphatic rings. The third kappa shape index (κ3) is 4.74. The molecule has 0 atom stereocenters. The second-order valence-corrected chi connectivity index (χ2v) is 6.11. The highest BCUT2D eigenvalue weighted by molar-refractivity contribution is 6.40.